The Kier molecular flexibility index (Phi) is 5.70. The van der Waals surface area contributed by atoms with Crippen molar-refractivity contribution in [1.29, 1.82) is 0 Å². The van der Waals surface area contributed by atoms with Crippen molar-refractivity contribution in [1.82, 2.24) is 0 Å². The molecule has 0 aliphatic rings. The molecule has 0 saturated carbocycles. The fourth-order valence-electron chi connectivity index (χ4n) is 3.23. The molecule has 3 aromatic rings. The van der Waals surface area contributed by atoms with Crippen LogP contribution in [-0.2, 0) is 16.4 Å². The van der Waals surface area contributed by atoms with Crippen molar-refractivity contribution in [2.45, 2.75) is 25.2 Å². The van der Waals surface area contributed by atoms with Crippen LogP contribution in [0.1, 0.15) is 32.6 Å². The number of sulfonamides is 1. The van der Waals surface area contributed by atoms with E-state index in [1.54, 1.807) is 19.9 Å². The van der Waals surface area contributed by atoms with Crippen LogP contribution in [0.4, 0.5) is 10.1 Å². The monoisotopic (exact) mass is 413 g/mol. The molecule has 0 bridgehead atoms. The maximum atomic E-state index is 13.9. The number of rotatable bonds is 6. The Bertz CT molecular complexity index is 1170. The third-order valence-electron chi connectivity index (χ3n) is 4.50. The highest BCUT2D eigenvalue weighted by Gasteiger charge is 2.23. The van der Waals surface area contributed by atoms with Crippen LogP contribution >= 0.6 is 0 Å². The lowest BCUT2D eigenvalue weighted by molar-refractivity contribution is 0.0698. The third-order valence-corrected chi connectivity index (χ3v) is 5.95. The van der Waals surface area contributed by atoms with Crippen LogP contribution in [0.25, 0.3) is 0 Å². The maximum Gasteiger partial charge on any atom is 0.337 e. The van der Waals surface area contributed by atoms with E-state index in [4.69, 9.17) is 0 Å². The summed E-state index contributed by atoms with van der Waals surface area (Å²) >= 11 is 0. The normalized spacial score (nSPS) is 11.3. The van der Waals surface area contributed by atoms with Crippen LogP contribution in [0.2, 0.25) is 0 Å². The predicted molar refractivity (Wildman–Crippen MR) is 109 cm³/mol. The molecule has 0 saturated heterocycles. The molecule has 0 atom stereocenters. The number of carboxylic acid groups (broad SMARTS) is 1. The molecule has 5 nitrogen and oxygen atoms in total. The van der Waals surface area contributed by atoms with E-state index >= 15 is 0 Å². The molecule has 0 aliphatic carbocycles. The van der Waals surface area contributed by atoms with Gasteiger partial charge in [0.1, 0.15) is 5.82 Å². The van der Waals surface area contributed by atoms with Gasteiger partial charge in [0, 0.05) is 0 Å². The zero-order valence-electron chi connectivity index (χ0n) is 15.9. The number of carbonyl (C=O) groups is 1. The number of anilines is 1. The number of aryl methyl sites for hydroxylation is 2. The van der Waals surface area contributed by atoms with Gasteiger partial charge in [-0.15, -0.1) is 0 Å². The molecule has 0 fully saturated rings. The molecule has 2 N–H and O–H groups in total. The second-order valence-corrected chi connectivity index (χ2v) is 8.48. The van der Waals surface area contributed by atoms with Gasteiger partial charge in [-0.3, -0.25) is 4.72 Å². The lowest BCUT2D eigenvalue weighted by Gasteiger charge is -2.16. The SMILES string of the molecule is Cc1cc(C)c(NS(=O)(=O)c2ccc(F)cc2Cc2ccccc2)c(C(=O)O)c1. The van der Waals surface area contributed by atoms with Gasteiger partial charge in [0.15, 0.2) is 0 Å². The maximum absolute atomic E-state index is 13.9. The van der Waals surface area contributed by atoms with E-state index in [1.165, 1.54) is 18.2 Å². The summed E-state index contributed by atoms with van der Waals surface area (Å²) in [6.45, 7) is 3.36. The summed E-state index contributed by atoms with van der Waals surface area (Å²) in [4.78, 5) is 11.5. The van der Waals surface area contributed by atoms with Gasteiger partial charge in [-0.05, 0) is 66.8 Å². The van der Waals surface area contributed by atoms with Crippen LogP contribution in [-0.4, -0.2) is 19.5 Å². The highest BCUT2D eigenvalue weighted by atomic mass is 32.2. The van der Waals surface area contributed by atoms with E-state index in [2.05, 4.69) is 4.72 Å². The van der Waals surface area contributed by atoms with E-state index in [1.807, 2.05) is 30.3 Å². The predicted octanol–water partition coefficient (Wildman–Crippen LogP) is 4.53. The molecule has 3 aromatic carbocycles. The van der Waals surface area contributed by atoms with E-state index in [-0.39, 0.29) is 28.1 Å². The Hall–Kier alpha value is -3.19. The number of halogens is 1. The standard InChI is InChI=1S/C22H20FNO4S/c1-14-10-15(2)21(19(11-14)22(25)26)24-29(27,28)20-9-8-18(23)13-17(20)12-16-6-4-3-5-7-16/h3-11,13,24H,12H2,1-2H3,(H,25,26). The molecule has 150 valence electrons. The van der Waals surface area contributed by atoms with Crippen LogP contribution in [0.15, 0.2) is 65.6 Å². The number of hydrogen-bond acceptors (Lipinski definition) is 3. The van der Waals surface area contributed by atoms with Gasteiger partial charge >= 0.3 is 5.97 Å². The van der Waals surface area contributed by atoms with Crippen molar-refractivity contribution >= 4 is 21.7 Å². The first-order valence-electron chi connectivity index (χ1n) is 8.87. The minimum atomic E-state index is -4.15. The summed E-state index contributed by atoms with van der Waals surface area (Å²) in [6.07, 6.45) is 0.216. The number of nitrogens with one attached hydrogen (secondary N) is 1. The lowest BCUT2D eigenvalue weighted by Crippen LogP contribution is -2.18. The van der Waals surface area contributed by atoms with Gasteiger partial charge in [0.05, 0.1) is 16.1 Å². The first kappa shape index (κ1) is 20.5. The highest BCUT2D eigenvalue weighted by molar-refractivity contribution is 7.92. The fourth-order valence-corrected chi connectivity index (χ4v) is 4.60. The lowest BCUT2D eigenvalue weighted by atomic mass is 10.0. The molecule has 7 heteroatoms. The van der Waals surface area contributed by atoms with Crippen molar-refractivity contribution < 1.29 is 22.7 Å². The van der Waals surface area contributed by atoms with Crippen LogP contribution in [0.5, 0.6) is 0 Å². The van der Waals surface area contributed by atoms with Crippen molar-refractivity contribution in [3.8, 4) is 0 Å². The minimum absolute atomic E-state index is 0.00177. The largest absolute Gasteiger partial charge is 0.478 e. The summed E-state index contributed by atoms with van der Waals surface area (Å²) in [7, 11) is -4.15. The summed E-state index contributed by atoms with van der Waals surface area (Å²) in [5.41, 5.74) is 2.15. The van der Waals surface area contributed by atoms with Gasteiger partial charge in [0.25, 0.3) is 10.0 Å². The minimum Gasteiger partial charge on any atom is -0.478 e. The molecule has 0 spiro atoms. The molecule has 0 unspecified atom stereocenters. The summed E-state index contributed by atoms with van der Waals surface area (Å²) < 4.78 is 42.5. The smallest absolute Gasteiger partial charge is 0.337 e. The van der Waals surface area contributed by atoms with Crippen molar-refractivity contribution in [3.63, 3.8) is 0 Å². The summed E-state index contributed by atoms with van der Waals surface area (Å²) in [5.74, 6) is -1.79. The zero-order valence-corrected chi connectivity index (χ0v) is 16.8. The highest BCUT2D eigenvalue weighted by Crippen LogP contribution is 2.28. The van der Waals surface area contributed by atoms with E-state index < -0.39 is 21.8 Å². The molecule has 0 amide bonds. The number of hydrogen-bond donors (Lipinski definition) is 2. The Balaban J connectivity index is 2.07. The van der Waals surface area contributed by atoms with Crippen molar-refractivity contribution in [2.75, 3.05) is 4.72 Å². The first-order chi connectivity index (χ1) is 13.7. The van der Waals surface area contributed by atoms with E-state index in [9.17, 15) is 22.7 Å². The van der Waals surface area contributed by atoms with Crippen molar-refractivity contribution in [2.24, 2.45) is 0 Å². The van der Waals surface area contributed by atoms with Crippen LogP contribution in [0, 0.1) is 19.7 Å². The Labute approximate surface area is 168 Å². The number of aromatic carboxylic acids is 1. The number of benzene rings is 3. The second-order valence-electron chi connectivity index (χ2n) is 6.83. The molecule has 0 radical (unpaired) electrons. The van der Waals surface area contributed by atoms with Gasteiger partial charge < -0.3 is 5.11 Å². The van der Waals surface area contributed by atoms with Gasteiger partial charge in [-0.2, -0.15) is 0 Å². The van der Waals surface area contributed by atoms with Gasteiger partial charge in [0.2, 0.25) is 0 Å². The molecular formula is C22H20FNO4S. The summed E-state index contributed by atoms with van der Waals surface area (Å²) in [6, 6.07) is 15.7. The van der Waals surface area contributed by atoms with Crippen molar-refractivity contribution in [3.05, 3.63) is 94.3 Å². The molecule has 0 aliphatic heterocycles. The number of carboxylic acids is 1. The fraction of sp³-hybridized carbons (Fsp3) is 0.136. The average molecular weight is 413 g/mol. The molecule has 29 heavy (non-hydrogen) atoms. The average Bonchev–Trinajstić information content (AvgIpc) is 2.64. The quantitative estimate of drug-likeness (QED) is 0.622. The third kappa shape index (κ3) is 4.63. The molecular weight excluding hydrogens is 393 g/mol. The van der Waals surface area contributed by atoms with Crippen LogP contribution in [0.3, 0.4) is 0 Å². The van der Waals surface area contributed by atoms with Crippen LogP contribution < -0.4 is 4.72 Å². The van der Waals surface area contributed by atoms with E-state index in [0.717, 1.165) is 11.6 Å². The zero-order chi connectivity index (χ0) is 21.2. The Morgan fingerprint density at radius 3 is 2.38 bits per heavy atom. The first-order valence-corrected chi connectivity index (χ1v) is 10.4. The molecule has 0 aromatic heterocycles. The molecule has 3 rings (SSSR count). The Morgan fingerprint density at radius 2 is 1.72 bits per heavy atom. The summed E-state index contributed by atoms with van der Waals surface area (Å²) in [5, 5.41) is 9.48. The van der Waals surface area contributed by atoms with Gasteiger partial charge in [-0.25, -0.2) is 17.6 Å². The second kappa shape index (κ2) is 8.05. The molecule has 0 heterocycles. The Morgan fingerprint density at radius 1 is 1.03 bits per heavy atom. The van der Waals surface area contributed by atoms with Gasteiger partial charge in [-0.1, -0.05) is 36.4 Å². The topological polar surface area (TPSA) is 83.5 Å². The van der Waals surface area contributed by atoms with E-state index in [0.29, 0.717) is 11.1 Å².